The lowest BCUT2D eigenvalue weighted by Crippen LogP contribution is -2.58. The number of rotatable bonds is 18. The number of aliphatic hydroxyl groups is 1. The number of ether oxygens (including phenoxy) is 2. The van der Waals surface area contributed by atoms with Gasteiger partial charge in [0.1, 0.15) is 30.0 Å². The van der Waals surface area contributed by atoms with Gasteiger partial charge in [-0.05, 0) is 116 Å². The van der Waals surface area contributed by atoms with Gasteiger partial charge in [0.05, 0.1) is 46.1 Å². The second kappa shape index (κ2) is 22.0. The number of thiocarbonyl (C=S) groups is 1. The lowest BCUT2D eigenvalue weighted by Gasteiger charge is -2.35. The van der Waals surface area contributed by atoms with Gasteiger partial charge in [0, 0.05) is 44.3 Å². The predicted octanol–water partition coefficient (Wildman–Crippen LogP) is 8.67. The summed E-state index contributed by atoms with van der Waals surface area (Å²) >= 11 is 7.33. The molecule has 7 rings (SSSR count). The normalized spacial score (nSPS) is 17.2. The Morgan fingerprint density at radius 3 is 2.18 bits per heavy atom. The molecule has 4 aromatic carbocycles. The zero-order chi connectivity index (χ0) is 52.1. The molecule has 5 aromatic rings. The van der Waals surface area contributed by atoms with E-state index in [2.05, 4.69) is 15.6 Å². The molecule has 0 radical (unpaired) electrons. The summed E-state index contributed by atoms with van der Waals surface area (Å²) in [5.41, 5.74) is 4.78. The molecule has 0 aliphatic carbocycles. The van der Waals surface area contributed by atoms with Crippen LogP contribution in [0.2, 0.25) is 0 Å². The number of alkyl halides is 2. The molecule has 4 amide bonds. The number of carbonyl (C=O) groups excluding carboxylic acids is 4. The number of aryl methyl sites for hydroxylation is 1. The molecule has 14 nitrogen and oxygen atoms in total. The third-order valence-corrected chi connectivity index (χ3v) is 14.1. The molecule has 2 aliphatic heterocycles. The highest BCUT2D eigenvalue weighted by molar-refractivity contribution is 7.81. The number of nitrogens with zero attached hydrogens (tertiary/aromatic N) is 5. The van der Waals surface area contributed by atoms with Crippen LogP contribution in [0.3, 0.4) is 0 Å². The van der Waals surface area contributed by atoms with Crippen molar-refractivity contribution in [3.05, 3.63) is 119 Å². The van der Waals surface area contributed by atoms with Gasteiger partial charge >= 0.3 is 0 Å². The zero-order valence-corrected chi connectivity index (χ0v) is 43.0. The van der Waals surface area contributed by atoms with Crippen LogP contribution in [-0.2, 0) is 36.4 Å². The van der Waals surface area contributed by atoms with E-state index in [1.807, 2.05) is 100 Å². The number of hydrogen-bond donors (Lipinski definition) is 3. The predicted molar refractivity (Wildman–Crippen MR) is 276 cm³/mol. The molecule has 0 saturated carbocycles. The van der Waals surface area contributed by atoms with Crippen molar-refractivity contribution in [2.75, 3.05) is 36.2 Å². The molecule has 1 aromatic heterocycles. The van der Waals surface area contributed by atoms with Gasteiger partial charge in [-0.3, -0.25) is 24.1 Å². The second-order valence-electron chi connectivity index (χ2n) is 19.7. The van der Waals surface area contributed by atoms with Crippen LogP contribution < -0.4 is 25.2 Å². The van der Waals surface area contributed by atoms with Gasteiger partial charge in [0.25, 0.3) is 11.8 Å². The molecule has 2 aliphatic rings. The topological polar surface area (TPSA) is 177 Å². The fourth-order valence-corrected chi connectivity index (χ4v) is 10.1. The number of likely N-dealkylation sites (tertiary alicyclic amines) is 1. The molecule has 2 fully saturated rings. The third kappa shape index (κ3) is 12.0. The van der Waals surface area contributed by atoms with E-state index in [4.69, 9.17) is 21.7 Å². The third-order valence-electron chi connectivity index (χ3n) is 12.7. The second-order valence-corrected chi connectivity index (χ2v) is 20.9. The van der Waals surface area contributed by atoms with E-state index >= 15 is 0 Å². The fourth-order valence-electron chi connectivity index (χ4n) is 8.78. The van der Waals surface area contributed by atoms with Crippen LogP contribution in [0.15, 0.2) is 96.5 Å². The van der Waals surface area contributed by atoms with E-state index in [1.54, 1.807) is 41.7 Å². The number of anilines is 2. The number of amides is 4. The van der Waals surface area contributed by atoms with Crippen LogP contribution in [0.25, 0.3) is 21.6 Å². The van der Waals surface area contributed by atoms with Gasteiger partial charge < -0.3 is 35.0 Å². The lowest BCUT2D eigenvalue weighted by molar-refractivity contribution is -0.144. The van der Waals surface area contributed by atoms with E-state index in [0.717, 1.165) is 38.9 Å². The average Bonchev–Trinajstić information content (AvgIpc) is 4.01. The quantitative estimate of drug-likeness (QED) is 0.0566. The van der Waals surface area contributed by atoms with Gasteiger partial charge in [-0.1, -0.05) is 69.3 Å². The lowest BCUT2D eigenvalue weighted by atomic mass is 9.85. The number of carbonyl (C=O) groups is 4. The Morgan fingerprint density at radius 2 is 1.57 bits per heavy atom. The van der Waals surface area contributed by atoms with E-state index < -0.39 is 58.3 Å². The highest BCUT2D eigenvalue weighted by Crippen LogP contribution is 2.40. The van der Waals surface area contributed by atoms with Crippen molar-refractivity contribution in [3.8, 4) is 33.4 Å². The summed E-state index contributed by atoms with van der Waals surface area (Å²) in [5.74, 6) is -4.34. The number of nitrogens with one attached hydrogen (secondary N) is 2. The Hall–Kier alpha value is -6.65. The maximum atomic E-state index is 14.4. The van der Waals surface area contributed by atoms with E-state index in [0.29, 0.717) is 37.8 Å². The summed E-state index contributed by atoms with van der Waals surface area (Å²) in [5, 5.41) is 25.8. The van der Waals surface area contributed by atoms with Crippen molar-refractivity contribution in [2.45, 2.75) is 104 Å². The minimum atomic E-state index is -3.31. The highest BCUT2D eigenvalue weighted by Gasteiger charge is 2.51. The molecule has 378 valence electrons. The van der Waals surface area contributed by atoms with Crippen LogP contribution in [0, 0.1) is 23.7 Å². The van der Waals surface area contributed by atoms with Crippen LogP contribution in [-0.4, -0.2) is 93.8 Å². The first-order valence-electron chi connectivity index (χ1n) is 23.7. The smallest absolute Gasteiger partial charge is 0.271 e. The van der Waals surface area contributed by atoms with Gasteiger partial charge in [-0.15, -0.1) is 11.3 Å². The molecule has 3 heterocycles. The number of aromatic nitrogens is 1. The standard InChI is InChI=1S/C54H59F2N7O7S2/c1-33-46(72-32-59-33)37-12-10-34(11-13-37)29-58-48(66)44-27-41(64)30-61(44)49(67)47(52(2,3)4)60-45(65)31-69-24-8-9-25-70-42-22-17-36(18-23-42)35-14-19-39(20-15-35)63-51(71)62(50(68)53(63,5)6)40-21-16-38(28-57)43(26-40)54(7,55)56/h10-23,26,32,41,44,47,64H,8-9,24-25,27,29-31H2,1-7H3,(H,58,66)(H,60,65)/t41-,44-,47?/m0/s1. The Labute approximate surface area is 427 Å². The maximum absolute atomic E-state index is 14.4. The maximum Gasteiger partial charge on any atom is 0.271 e. The van der Waals surface area contributed by atoms with E-state index in [9.17, 15) is 38.3 Å². The molecular weight excluding hydrogens is 961 g/mol. The van der Waals surface area contributed by atoms with E-state index in [1.165, 1.54) is 21.9 Å². The zero-order valence-electron chi connectivity index (χ0n) is 41.3. The Kier molecular flexibility index (Phi) is 16.2. The molecular formula is C54H59F2N7O7S2. The number of aliphatic hydroxyl groups excluding tert-OH is 1. The van der Waals surface area contributed by atoms with Gasteiger partial charge in [-0.2, -0.15) is 5.26 Å². The van der Waals surface area contributed by atoms with Crippen molar-refractivity contribution in [2.24, 2.45) is 5.41 Å². The molecule has 0 bridgehead atoms. The number of unbranched alkanes of at least 4 members (excludes halogenated alkanes) is 1. The first kappa shape index (κ1) is 53.2. The minimum Gasteiger partial charge on any atom is -0.494 e. The fraction of sp³-hybridized carbons (Fsp3) is 0.389. The summed E-state index contributed by atoms with van der Waals surface area (Å²) in [6, 6.07) is 26.7. The number of nitriles is 1. The molecule has 3 N–H and O–H groups in total. The summed E-state index contributed by atoms with van der Waals surface area (Å²) in [6.07, 6.45) is 0.463. The SMILES string of the molecule is Cc1ncsc1-c1ccc(CNC(=O)[C@@H]2C[C@H](O)CN2C(=O)C(NC(=O)COCCCCOc2ccc(-c3ccc(N4C(=S)N(c5ccc(C#N)c(C(C)(F)F)c5)C(=O)C4(C)C)cc3)cc2)C(C)(C)C)cc1. The summed E-state index contributed by atoms with van der Waals surface area (Å²) in [4.78, 5) is 64.0. The van der Waals surface area contributed by atoms with Gasteiger partial charge in [-0.25, -0.2) is 13.8 Å². The van der Waals surface area contributed by atoms with Crippen LogP contribution in [0.5, 0.6) is 5.75 Å². The summed E-state index contributed by atoms with van der Waals surface area (Å²) < 4.78 is 40.5. The van der Waals surface area contributed by atoms with Crippen molar-refractivity contribution in [3.63, 3.8) is 0 Å². The number of benzene rings is 4. The minimum absolute atomic E-state index is 0.0285. The van der Waals surface area contributed by atoms with Crippen molar-refractivity contribution in [1.82, 2.24) is 20.5 Å². The Morgan fingerprint density at radius 1 is 0.944 bits per heavy atom. The highest BCUT2D eigenvalue weighted by atomic mass is 32.1. The molecule has 0 spiro atoms. The van der Waals surface area contributed by atoms with Crippen LogP contribution in [0.1, 0.15) is 83.2 Å². The molecule has 18 heteroatoms. The first-order chi connectivity index (χ1) is 34.1. The molecule has 72 heavy (non-hydrogen) atoms. The van der Waals surface area contributed by atoms with Crippen molar-refractivity contribution < 1.29 is 42.5 Å². The van der Waals surface area contributed by atoms with Crippen molar-refractivity contribution in [1.29, 1.82) is 5.26 Å². The molecule has 2 saturated heterocycles. The number of halogens is 2. The summed E-state index contributed by atoms with van der Waals surface area (Å²) in [7, 11) is 0. The van der Waals surface area contributed by atoms with Crippen LogP contribution in [0.4, 0.5) is 20.2 Å². The summed E-state index contributed by atoms with van der Waals surface area (Å²) in [6.45, 7) is 12.2. The van der Waals surface area contributed by atoms with Crippen molar-refractivity contribution >= 4 is 63.7 Å². The number of thiazole rings is 1. The van der Waals surface area contributed by atoms with Gasteiger partial charge in [0.15, 0.2) is 5.11 Å². The number of hydrogen-bond acceptors (Lipinski definition) is 11. The molecule has 1 unspecified atom stereocenters. The van der Waals surface area contributed by atoms with Crippen LogP contribution >= 0.6 is 23.6 Å². The Balaban J connectivity index is 0.841. The number of β-amino-alcohol motifs (C(OH)–C–C–N with tert-alkyl or cyclic N) is 1. The average molecular weight is 1020 g/mol. The Bertz CT molecular complexity index is 2840. The van der Waals surface area contributed by atoms with Gasteiger partial charge in [0.2, 0.25) is 17.7 Å². The largest absolute Gasteiger partial charge is 0.494 e. The monoisotopic (exact) mass is 1020 g/mol. The molecule has 3 atom stereocenters. The first-order valence-corrected chi connectivity index (χ1v) is 24.9. The van der Waals surface area contributed by atoms with E-state index in [-0.39, 0.29) is 55.0 Å².